The molecule has 0 aromatic heterocycles. The third-order valence-electron chi connectivity index (χ3n) is 8.23. The number of rotatable bonds is 1. The number of anilines is 1. The molecule has 0 bridgehead atoms. The molecule has 2 N–H and O–H groups in total. The summed E-state index contributed by atoms with van der Waals surface area (Å²) in [5.41, 5.74) is 6.96. The number of hydrogen-bond donors (Lipinski definition) is 1. The minimum absolute atomic E-state index is 0.0325. The van der Waals surface area contributed by atoms with Crippen molar-refractivity contribution in [2.24, 2.45) is 11.8 Å². The number of nitrogen functional groups attached to an aromatic ring is 1. The van der Waals surface area contributed by atoms with Crippen LogP contribution in [0.3, 0.4) is 0 Å². The molecule has 1 aromatic carbocycles. The van der Waals surface area contributed by atoms with Gasteiger partial charge >= 0.3 is 0 Å². The van der Waals surface area contributed by atoms with Gasteiger partial charge in [0.05, 0.1) is 11.1 Å². The van der Waals surface area contributed by atoms with E-state index in [9.17, 15) is 14.4 Å². The van der Waals surface area contributed by atoms with E-state index in [1.54, 1.807) is 18.2 Å². The largest absolute Gasteiger partial charge is 0.399 e. The van der Waals surface area contributed by atoms with Gasteiger partial charge in [-0.15, -0.1) is 0 Å². The Bertz CT molecular complexity index is 944. The van der Waals surface area contributed by atoms with Crippen LogP contribution in [-0.4, -0.2) is 70.2 Å². The molecule has 5 heterocycles. The minimum atomic E-state index is -0.685. The second kappa shape index (κ2) is 6.54. The predicted octanol–water partition coefficient (Wildman–Crippen LogP) is 1.73. The lowest BCUT2D eigenvalue weighted by molar-refractivity contribution is -0.156. The van der Waals surface area contributed by atoms with Crippen molar-refractivity contribution in [1.29, 1.82) is 0 Å². The Morgan fingerprint density at radius 3 is 2.50 bits per heavy atom. The van der Waals surface area contributed by atoms with Crippen molar-refractivity contribution in [2.45, 2.75) is 56.7 Å². The number of amides is 3. The third-order valence-corrected chi connectivity index (χ3v) is 8.23. The molecule has 1 aromatic rings. The summed E-state index contributed by atoms with van der Waals surface area (Å²) in [6.07, 6.45) is 6.19. The fourth-order valence-corrected chi connectivity index (χ4v) is 7.06. The molecule has 6 rings (SSSR count). The van der Waals surface area contributed by atoms with Crippen LogP contribution in [0, 0.1) is 11.8 Å². The molecule has 4 saturated heterocycles. The highest BCUT2D eigenvalue weighted by atomic mass is 16.2. The maximum absolute atomic E-state index is 13.6. The number of hydrogen-bond acceptors (Lipinski definition) is 5. The first-order valence-corrected chi connectivity index (χ1v) is 11.4. The van der Waals surface area contributed by atoms with Crippen LogP contribution < -0.4 is 5.73 Å². The molecular formula is C23H28N4O3. The summed E-state index contributed by atoms with van der Waals surface area (Å²) in [7, 11) is 0. The zero-order valence-corrected chi connectivity index (χ0v) is 17.1. The first-order valence-electron chi connectivity index (χ1n) is 11.4. The Morgan fingerprint density at radius 1 is 0.900 bits per heavy atom. The van der Waals surface area contributed by atoms with E-state index in [4.69, 9.17) is 5.73 Å². The lowest BCUT2D eigenvalue weighted by Crippen LogP contribution is -2.69. The summed E-state index contributed by atoms with van der Waals surface area (Å²) >= 11 is 0. The van der Waals surface area contributed by atoms with Crippen LogP contribution in [0.5, 0.6) is 0 Å². The highest BCUT2D eigenvalue weighted by Crippen LogP contribution is 2.45. The van der Waals surface area contributed by atoms with Gasteiger partial charge in [-0.3, -0.25) is 24.2 Å². The Labute approximate surface area is 176 Å². The van der Waals surface area contributed by atoms with Gasteiger partial charge in [-0.05, 0) is 81.6 Å². The van der Waals surface area contributed by atoms with Gasteiger partial charge in [0.25, 0.3) is 11.8 Å². The van der Waals surface area contributed by atoms with Crippen molar-refractivity contribution in [1.82, 2.24) is 14.7 Å². The summed E-state index contributed by atoms with van der Waals surface area (Å²) in [4.78, 5) is 45.6. The number of nitrogens with zero attached hydrogens (tertiary/aromatic N) is 3. The monoisotopic (exact) mass is 408 g/mol. The molecule has 1 unspecified atom stereocenters. The van der Waals surface area contributed by atoms with Crippen molar-refractivity contribution in [2.75, 3.05) is 25.4 Å². The summed E-state index contributed by atoms with van der Waals surface area (Å²) in [5.74, 6) is 0.281. The minimum Gasteiger partial charge on any atom is -0.399 e. The highest BCUT2D eigenvalue weighted by molar-refractivity contribution is 6.23. The molecule has 30 heavy (non-hydrogen) atoms. The molecule has 158 valence electrons. The Kier molecular flexibility index (Phi) is 4.01. The average Bonchev–Trinajstić information content (AvgIpc) is 2.99. The van der Waals surface area contributed by atoms with Gasteiger partial charge in [-0.1, -0.05) is 0 Å². The smallest absolute Gasteiger partial charge is 0.262 e. The molecule has 5 aliphatic heterocycles. The zero-order chi connectivity index (χ0) is 20.6. The number of fused-ring (bicyclic) bond motifs is 3. The molecule has 7 heteroatoms. The zero-order valence-electron chi connectivity index (χ0n) is 17.1. The molecule has 0 aliphatic carbocycles. The van der Waals surface area contributed by atoms with Crippen LogP contribution in [0.2, 0.25) is 0 Å². The standard InChI is InChI=1S/C23H28N4O3/c24-14-5-6-15-17(11-14)22(29)27(21(15)28)19-8-7-18-16-4-2-10-25-9-1-3-13(20(16)25)12-26(18)23(19)30/h5-6,11,13,16,18-20H,1-4,7-10,12,24H2/t13-,16+,18+,19?,20-/m0/s1. The van der Waals surface area contributed by atoms with E-state index < -0.39 is 6.04 Å². The summed E-state index contributed by atoms with van der Waals surface area (Å²) < 4.78 is 0. The molecule has 0 saturated carbocycles. The van der Waals surface area contributed by atoms with E-state index in [0.717, 1.165) is 13.0 Å². The van der Waals surface area contributed by atoms with Crippen molar-refractivity contribution in [3.05, 3.63) is 29.3 Å². The molecule has 4 fully saturated rings. The van der Waals surface area contributed by atoms with Gasteiger partial charge in [0.15, 0.2) is 0 Å². The topological polar surface area (TPSA) is 87.0 Å². The summed E-state index contributed by atoms with van der Waals surface area (Å²) in [6, 6.07) is 4.97. The maximum Gasteiger partial charge on any atom is 0.262 e. The lowest BCUT2D eigenvalue weighted by atomic mass is 9.67. The normalized spacial score (nSPS) is 35.9. The molecule has 3 amide bonds. The first kappa shape index (κ1) is 18.4. The van der Waals surface area contributed by atoms with Crippen LogP contribution in [0.15, 0.2) is 18.2 Å². The van der Waals surface area contributed by atoms with Gasteiger partial charge in [0.1, 0.15) is 6.04 Å². The highest BCUT2D eigenvalue weighted by Gasteiger charge is 2.54. The Morgan fingerprint density at radius 2 is 1.67 bits per heavy atom. The first-order chi connectivity index (χ1) is 14.5. The Balaban J connectivity index is 1.29. The van der Waals surface area contributed by atoms with Gasteiger partial charge < -0.3 is 10.6 Å². The predicted molar refractivity (Wildman–Crippen MR) is 111 cm³/mol. The van der Waals surface area contributed by atoms with Gasteiger partial charge in [0, 0.05) is 24.3 Å². The van der Waals surface area contributed by atoms with E-state index >= 15 is 0 Å². The molecule has 0 spiro atoms. The van der Waals surface area contributed by atoms with Gasteiger partial charge in [0.2, 0.25) is 5.91 Å². The van der Waals surface area contributed by atoms with E-state index in [2.05, 4.69) is 4.90 Å². The Hall–Kier alpha value is -2.41. The molecule has 7 nitrogen and oxygen atoms in total. The van der Waals surface area contributed by atoms with Gasteiger partial charge in [-0.25, -0.2) is 0 Å². The third kappa shape index (κ3) is 2.44. The van der Waals surface area contributed by atoms with E-state index in [1.165, 1.54) is 43.7 Å². The van der Waals surface area contributed by atoms with Crippen molar-refractivity contribution in [3.63, 3.8) is 0 Å². The number of nitrogens with two attached hydrogens (primary N) is 1. The SMILES string of the molecule is Nc1ccc2c(c1)C(=O)N(C1CC[C@@H]3[C@H]4CCCN5CCC[C@@H](CN3C1=O)[C@@H]45)C2=O. The number of carbonyl (C=O) groups is 3. The fraction of sp³-hybridized carbons (Fsp3) is 0.609. The van der Waals surface area contributed by atoms with Crippen LogP contribution in [-0.2, 0) is 4.79 Å². The van der Waals surface area contributed by atoms with Crippen LogP contribution >= 0.6 is 0 Å². The summed E-state index contributed by atoms with van der Waals surface area (Å²) in [6.45, 7) is 3.16. The second-order valence-corrected chi connectivity index (χ2v) is 9.67. The van der Waals surface area contributed by atoms with E-state index in [0.29, 0.717) is 41.1 Å². The van der Waals surface area contributed by atoms with Crippen molar-refractivity contribution >= 4 is 23.4 Å². The average molecular weight is 409 g/mol. The fourth-order valence-electron chi connectivity index (χ4n) is 7.06. The quantitative estimate of drug-likeness (QED) is 0.565. The molecule has 5 atom stereocenters. The van der Waals surface area contributed by atoms with Crippen LogP contribution in [0.4, 0.5) is 5.69 Å². The number of imide groups is 1. The molecule has 0 radical (unpaired) electrons. The van der Waals surface area contributed by atoms with Crippen LogP contribution in [0.25, 0.3) is 0 Å². The lowest BCUT2D eigenvalue weighted by Gasteiger charge is -2.59. The van der Waals surface area contributed by atoms with Crippen molar-refractivity contribution in [3.8, 4) is 0 Å². The summed E-state index contributed by atoms with van der Waals surface area (Å²) in [5, 5.41) is 0. The maximum atomic E-state index is 13.6. The number of piperidine rings is 4. The van der Waals surface area contributed by atoms with Crippen molar-refractivity contribution < 1.29 is 14.4 Å². The second-order valence-electron chi connectivity index (χ2n) is 9.67. The van der Waals surface area contributed by atoms with Gasteiger partial charge in [-0.2, -0.15) is 0 Å². The number of benzene rings is 1. The molecule has 5 aliphatic rings. The van der Waals surface area contributed by atoms with E-state index in [1.807, 2.05) is 4.90 Å². The van der Waals surface area contributed by atoms with Crippen LogP contribution in [0.1, 0.15) is 59.2 Å². The number of carbonyl (C=O) groups excluding carboxylic acids is 3. The molecular weight excluding hydrogens is 380 g/mol. The van der Waals surface area contributed by atoms with E-state index in [-0.39, 0.29) is 23.8 Å².